The van der Waals surface area contributed by atoms with Gasteiger partial charge in [-0.05, 0) is 88.0 Å². The van der Waals surface area contributed by atoms with Crippen LogP contribution in [0, 0.1) is 0 Å². The molecule has 1 aliphatic carbocycles. The van der Waals surface area contributed by atoms with E-state index < -0.39 is 0 Å². The monoisotopic (exact) mass is 628 g/mol. The van der Waals surface area contributed by atoms with E-state index >= 15 is 0 Å². The highest BCUT2D eigenvalue weighted by Gasteiger charge is 2.40. The van der Waals surface area contributed by atoms with Crippen LogP contribution in [0.15, 0.2) is 182 Å². The minimum Gasteiger partial charge on any atom is -0.312 e. The van der Waals surface area contributed by atoms with Gasteiger partial charge >= 0.3 is 0 Å². The van der Waals surface area contributed by atoms with Gasteiger partial charge < -0.3 is 9.47 Å². The van der Waals surface area contributed by atoms with Crippen LogP contribution in [0.2, 0.25) is 0 Å². The first-order valence-corrected chi connectivity index (χ1v) is 17.0. The van der Waals surface area contributed by atoms with Crippen LogP contribution in [0.5, 0.6) is 0 Å². The van der Waals surface area contributed by atoms with E-state index in [9.17, 15) is 0 Å². The minimum absolute atomic E-state index is 0.144. The van der Waals surface area contributed by atoms with Crippen molar-refractivity contribution in [2.24, 2.45) is 0 Å². The van der Waals surface area contributed by atoms with Gasteiger partial charge in [0.25, 0.3) is 0 Å². The van der Waals surface area contributed by atoms with Crippen molar-refractivity contribution in [2.45, 2.75) is 19.3 Å². The molecule has 7 aromatic carbocycles. The normalized spacial score (nSPS) is 12.9. The minimum atomic E-state index is -0.144. The van der Waals surface area contributed by atoms with Gasteiger partial charge in [0.1, 0.15) is 0 Å². The third-order valence-electron chi connectivity index (χ3n) is 10.2. The van der Waals surface area contributed by atoms with Gasteiger partial charge in [0.2, 0.25) is 0 Å². The second kappa shape index (κ2) is 11.5. The number of benzene rings is 7. The van der Waals surface area contributed by atoms with Gasteiger partial charge in [-0.3, -0.25) is 0 Å². The molecule has 2 nitrogen and oxygen atoms in total. The maximum Gasteiger partial charge on any atom is 0.0539 e. The van der Waals surface area contributed by atoms with E-state index in [0.717, 1.165) is 17.1 Å². The Hall–Kier alpha value is -6.12. The summed E-state index contributed by atoms with van der Waals surface area (Å²) < 4.78 is 2.49. The van der Waals surface area contributed by atoms with Crippen molar-refractivity contribution < 1.29 is 0 Å². The third kappa shape index (κ3) is 4.79. The Labute approximate surface area is 288 Å². The Morgan fingerprint density at radius 2 is 0.939 bits per heavy atom. The van der Waals surface area contributed by atoms with Gasteiger partial charge in [0.15, 0.2) is 0 Å². The van der Waals surface area contributed by atoms with Crippen molar-refractivity contribution in [1.82, 2.24) is 4.57 Å². The van der Waals surface area contributed by atoms with Gasteiger partial charge in [-0.15, -0.1) is 0 Å². The van der Waals surface area contributed by atoms with Crippen LogP contribution in [0.1, 0.15) is 25.1 Å². The molecule has 234 valence electrons. The molecule has 8 aromatic rings. The highest BCUT2D eigenvalue weighted by atomic mass is 15.1. The molecule has 2 heteroatoms. The van der Waals surface area contributed by atoms with Gasteiger partial charge in [-0.1, -0.05) is 141 Å². The molecule has 0 amide bonds. The van der Waals surface area contributed by atoms with Crippen LogP contribution in [0.3, 0.4) is 0 Å². The van der Waals surface area contributed by atoms with Gasteiger partial charge in [-0.2, -0.15) is 0 Å². The SMILES string of the molecule is CC1(C)c2ccccc2-c2c1n(-c1ccccc1)c1ccc(N(c3ccccc3)c3ccc(-c4ccc(-c5ccccc5)cc4)cc3)cc21. The van der Waals surface area contributed by atoms with E-state index in [4.69, 9.17) is 0 Å². The molecule has 0 saturated carbocycles. The number of hydrogen-bond acceptors (Lipinski definition) is 1. The number of para-hydroxylation sites is 2. The molecule has 9 rings (SSSR count). The Balaban J connectivity index is 1.18. The summed E-state index contributed by atoms with van der Waals surface area (Å²) in [5.74, 6) is 0. The first-order valence-electron chi connectivity index (χ1n) is 17.0. The summed E-state index contributed by atoms with van der Waals surface area (Å²) in [5.41, 5.74) is 15.9. The predicted octanol–water partition coefficient (Wildman–Crippen LogP) is 12.7. The molecule has 0 bridgehead atoms. The summed E-state index contributed by atoms with van der Waals surface area (Å²) in [6.07, 6.45) is 0. The van der Waals surface area contributed by atoms with Gasteiger partial charge in [0, 0.05) is 44.8 Å². The summed E-state index contributed by atoms with van der Waals surface area (Å²) in [4.78, 5) is 2.37. The fraction of sp³-hybridized carbons (Fsp3) is 0.0638. The van der Waals surface area contributed by atoms with Gasteiger partial charge in [0.05, 0.1) is 5.52 Å². The number of aromatic nitrogens is 1. The molecular weight excluding hydrogens is 593 g/mol. The van der Waals surface area contributed by atoms with Crippen LogP contribution < -0.4 is 4.90 Å². The lowest BCUT2D eigenvalue weighted by molar-refractivity contribution is 0.624. The first kappa shape index (κ1) is 29.1. The maximum absolute atomic E-state index is 2.49. The van der Waals surface area contributed by atoms with Crippen LogP contribution in [0.25, 0.3) is 50.0 Å². The molecule has 0 atom stereocenters. The van der Waals surface area contributed by atoms with Crippen molar-refractivity contribution in [3.05, 3.63) is 193 Å². The molecule has 0 fully saturated rings. The topological polar surface area (TPSA) is 8.17 Å². The van der Waals surface area contributed by atoms with Crippen molar-refractivity contribution in [1.29, 1.82) is 0 Å². The highest BCUT2D eigenvalue weighted by molar-refractivity contribution is 6.05. The van der Waals surface area contributed by atoms with E-state index in [1.165, 1.54) is 61.2 Å². The van der Waals surface area contributed by atoms with Crippen molar-refractivity contribution in [3.8, 4) is 39.1 Å². The average Bonchev–Trinajstić information content (AvgIpc) is 3.63. The molecule has 1 aliphatic rings. The molecule has 0 unspecified atom stereocenters. The second-order valence-electron chi connectivity index (χ2n) is 13.4. The number of anilines is 3. The number of hydrogen-bond donors (Lipinski definition) is 0. The zero-order valence-electron chi connectivity index (χ0n) is 27.7. The molecule has 1 aromatic heterocycles. The summed E-state index contributed by atoms with van der Waals surface area (Å²) >= 11 is 0. The van der Waals surface area contributed by atoms with Crippen molar-refractivity contribution in [3.63, 3.8) is 0 Å². The van der Waals surface area contributed by atoms with E-state index in [2.05, 4.69) is 205 Å². The fourth-order valence-electron chi connectivity index (χ4n) is 7.81. The molecule has 0 saturated heterocycles. The fourth-order valence-corrected chi connectivity index (χ4v) is 7.81. The molecular formula is C47H36N2. The average molecular weight is 629 g/mol. The maximum atomic E-state index is 2.49. The largest absolute Gasteiger partial charge is 0.312 e. The Morgan fingerprint density at radius 3 is 1.59 bits per heavy atom. The van der Waals surface area contributed by atoms with Gasteiger partial charge in [-0.25, -0.2) is 0 Å². The standard InChI is InChI=1S/C47H36N2/c1-47(2)43-21-13-12-20-41(43)45-42-32-40(30-31-44(42)49(46(45)47)38-18-10-5-11-19-38)48(37-16-8-4-9-17-37)39-28-26-36(27-29-39)35-24-22-34(23-25-35)33-14-6-3-7-15-33/h3-32H,1-2H3. The molecule has 0 radical (unpaired) electrons. The zero-order valence-corrected chi connectivity index (χ0v) is 27.7. The van der Waals surface area contributed by atoms with Crippen molar-refractivity contribution in [2.75, 3.05) is 4.90 Å². The Morgan fingerprint density at radius 1 is 0.449 bits per heavy atom. The summed E-state index contributed by atoms with van der Waals surface area (Å²) in [5, 5.41) is 1.27. The smallest absolute Gasteiger partial charge is 0.0539 e. The predicted molar refractivity (Wildman–Crippen MR) is 206 cm³/mol. The lowest BCUT2D eigenvalue weighted by Crippen LogP contribution is -2.19. The number of rotatable bonds is 6. The summed E-state index contributed by atoms with van der Waals surface area (Å²) in [6.45, 7) is 4.73. The molecule has 0 spiro atoms. The van der Waals surface area contributed by atoms with Crippen LogP contribution in [0.4, 0.5) is 17.1 Å². The zero-order chi connectivity index (χ0) is 33.0. The molecule has 0 N–H and O–H groups in total. The third-order valence-corrected chi connectivity index (χ3v) is 10.2. The first-order chi connectivity index (χ1) is 24.1. The lowest BCUT2D eigenvalue weighted by atomic mass is 9.85. The summed E-state index contributed by atoms with van der Waals surface area (Å²) in [7, 11) is 0. The lowest BCUT2D eigenvalue weighted by Gasteiger charge is -2.26. The van der Waals surface area contributed by atoms with Crippen LogP contribution in [-0.2, 0) is 5.41 Å². The van der Waals surface area contributed by atoms with Crippen LogP contribution in [-0.4, -0.2) is 4.57 Å². The Kier molecular flexibility index (Phi) is 6.84. The quantitative estimate of drug-likeness (QED) is 0.178. The van der Waals surface area contributed by atoms with Crippen molar-refractivity contribution >= 4 is 28.0 Å². The van der Waals surface area contributed by atoms with Crippen LogP contribution >= 0.6 is 0 Å². The molecule has 0 aliphatic heterocycles. The van der Waals surface area contributed by atoms with E-state index in [-0.39, 0.29) is 5.41 Å². The van der Waals surface area contributed by atoms with E-state index in [1.54, 1.807) is 0 Å². The van der Waals surface area contributed by atoms with E-state index in [0.29, 0.717) is 0 Å². The number of nitrogens with zero attached hydrogens (tertiary/aromatic N) is 2. The van der Waals surface area contributed by atoms with E-state index in [1.807, 2.05) is 0 Å². The molecule has 49 heavy (non-hydrogen) atoms. The summed E-state index contributed by atoms with van der Waals surface area (Å²) in [6, 6.07) is 65.8. The molecule has 1 heterocycles. The highest BCUT2D eigenvalue weighted by Crippen LogP contribution is 2.54. The Bertz CT molecular complexity index is 2420. The second-order valence-corrected chi connectivity index (χ2v) is 13.4. The number of fused-ring (bicyclic) bond motifs is 5.